The van der Waals surface area contributed by atoms with Crippen LogP contribution in [0.2, 0.25) is 0 Å². The quantitative estimate of drug-likeness (QED) is 0.318. The van der Waals surface area contributed by atoms with E-state index in [0.29, 0.717) is 24.7 Å². The van der Waals surface area contributed by atoms with Crippen LogP contribution in [0, 0.1) is 0 Å². The van der Waals surface area contributed by atoms with Gasteiger partial charge in [0, 0.05) is 44.0 Å². The normalized spacial score (nSPS) is 15.6. The van der Waals surface area contributed by atoms with E-state index < -0.39 is 29.6 Å². The fourth-order valence-corrected chi connectivity index (χ4v) is 4.53. The van der Waals surface area contributed by atoms with Gasteiger partial charge in [0.2, 0.25) is 5.95 Å². The number of nitrogens with two attached hydrogens (primary N) is 2. The number of rotatable bonds is 7. The van der Waals surface area contributed by atoms with Gasteiger partial charge in [-0.15, -0.1) is 0 Å². The number of urea groups is 1. The Balaban J connectivity index is 1.82. The van der Waals surface area contributed by atoms with E-state index in [0.717, 1.165) is 29.5 Å². The third-order valence-corrected chi connectivity index (χ3v) is 6.39. The third kappa shape index (κ3) is 5.33. The Bertz CT molecular complexity index is 1510. The summed E-state index contributed by atoms with van der Waals surface area (Å²) in [6.07, 6.45) is 3.79. The summed E-state index contributed by atoms with van der Waals surface area (Å²) >= 11 is 0. The van der Waals surface area contributed by atoms with E-state index >= 15 is 0 Å². The number of carbonyl (C=O) groups is 2. The van der Waals surface area contributed by atoms with Crippen LogP contribution >= 0.6 is 0 Å². The molecule has 37 heavy (non-hydrogen) atoms. The van der Waals surface area contributed by atoms with Crippen molar-refractivity contribution in [2.45, 2.75) is 45.8 Å². The fourth-order valence-electron chi connectivity index (χ4n) is 4.53. The van der Waals surface area contributed by atoms with E-state index in [1.165, 1.54) is 17.7 Å². The van der Waals surface area contributed by atoms with Gasteiger partial charge < -0.3 is 26.3 Å². The van der Waals surface area contributed by atoms with Crippen LogP contribution in [0.25, 0.3) is 11.2 Å². The van der Waals surface area contributed by atoms with E-state index in [1.807, 2.05) is 24.8 Å². The van der Waals surface area contributed by atoms with Crippen molar-refractivity contribution in [1.82, 2.24) is 18.7 Å². The van der Waals surface area contributed by atoms with Gasteiger partial charge in [-0.05, 0) is 38.8 Å². The van der Waals surface area contributed by atoms with Crippen LogP contribution < -0.4 is 32.9 Å². The number of fused-ring (bicyclic) bond motifs is 1. The molecule has 1 unspecified atom stereocenters. The third-order valence-electron chi connectivity index (χ3n) is 6.39. The molecule has 1 fully saturated rings. The molecule has 1 aliphatic rings. The molecule has 1 aromatic carbocycles. The van der Waals surface area contributed by atoms with Gasteiger partial charge in [0.15, 0.2) is 16.9 Å². The zero-order chi connectivity index (χ0) is 26.9. The molecule has 0 radical (unpaired) electrons. The highest BCUT2D eigenvalue weighted by Gasteiger charge is 2.26. The van der Waals surface area contributed by atoms with E-state index in [9.17, 15) is 19.2 Å². The lowest BCUT2D eigenvalue weighted by atomic mass is 10.1. The molecule has 3 aromatic rings. The standard InChI is InChI=1S/C25H32N8O4/c1-15(2)9-11-32-20-21(29-24(32)31-10-5-7-17(26)13-31)30(3)25(37)33(22(20)35)14-19(34)16-6-4-8-18(12-16)28-23(27)36/h4,6,8-9,12,17H,5,7,10-11,13-14,26H2,1-3H3,(H3,27,28,36). The van der Waals surface area contributed by atoms with Crippen LogP contribution in [0.1, 0.15) is 37.0 Å². The first-order chi connectivity index (χ1) is 17.6. The minimum Gasteiger partial charge on any atom is -0.351 e. The number of Topliss-reactive ketones (excluding diaryl/α,β-unsaturated/α-hetero) is 1. The molecule has 12 nitrogen and oxygen atoms in total. The van der Waals surface area contributed by atoms with Gasteiger partial charge in [-0.3, -0.25) is 18.7 Å². The second-order valence-electron chi connectivity index (χ2n) is 9.55. The average Bonchev–Trinajstić information content (AvgIpc) is 3.23. The van der Waals surface area contributed by atoms with Crippen molar-refractivity contribution >= 4 is 34.6 Å². The molecule has 2 aromatic heterocycles. The number of ketones is 1. The molecule has 196 valence electrons. The van der Waals surface area contributed by atoms with Crippen molar-refractivity contribution < 1.29 is 9.59 Å². The summed E-state index contributed by atoms with van der Waals surface area (Å²) in [7, 11) is 1.53. The summed E-state index contributed by atoms with van der Waals surface area (Å²) in [6, 6.07) is 5.36. The Morgan fingerprint density at radius 2 is 1.97 bits per heavy atom. The van der Waals surface area contributed by atoms with Gasteiger partial charge in [0.25, 0.3) is 5.56 Å². The van der Waals surface area contributed by atoms with Crippen molar-refractivity contribution in [2.24, 2.45) is 18.5 Å². The van der Waals surface area contributed by atoms with Gasteiger partial charge in [0.1, 0.15) is 0 Å². The van der Waals surface area contributed by atoms with Crippen LogP contribution in [0.15, 0.2) is 45.5 Å². The first-order valence-electron chi connectivity index (χ1n) is 12.1. The molecule has 5 N–H and O–H groups in total. The number of aromatic nitrogens is 4. The highest BCUT2D eigenvalue weighted by Crippen LogP contribution is 2.23. The van der Waals surface area contributed by atoms with Crippen molar-refractivity contribution in [1.29, 1.82) is 0 Å². The SMILES string of the molecule is CC(C)=CCn1c(N2CCCC(N)C2)nc2c1c(=O)n(CC(=O)c1cccc(NC(N)=O)c1)c(=O)n2C. The Labute approximate surface area is 213 Å². The number of amides is 2. The van der Waals surface area contributed by atoms with Crippen molar-refractivity contribution in [3.05, 3.63) is 62.3 Å². The van der Waals surface area contributed by atoms with Crippen molar-refractivity contribution in [2.75, 3.05) is 23.3 Å². The molecule has 0 spiro atoms. The number of anilines is 2. The Hall–Kier alpha value is -4.19. The smallest absolute Gasteiger partial charge is 0.332 e. The predicted octanol–water partition coefficient (Wildman–Crippen LogP) is 1.16. The zero-order valence-electron chi connectivity index (χ0n) is 21.2. The summed E-state index contributed by atoms with van der Waals surface area (Å²) < 4.78 is 4.01. The van der Waals surface area contributed by atoms with Crippen LogP contribution in [0.5, 0.6) is 0 Å². The number of hydrogen-bond acceptors (Lipinski definition) is 7. The maximum Gasteiger partial charge on any atom is 0.332 e. The van der Waals surface area contributed by atoms with Crippen LogP contribution in [0.3, 0.4) is 0 Å². The summed E-state index contributed by atoms with van der Waals surface area (Å²) in [5, 5.41) is 2.41. The molecule has 4 rings (SSSR count). The van der Waals surface area contributed by atoms with Crippen LogP contribution in [-0.2, 0) is 20.1 Å². The lowest BCUT2D eigenvalue weighted by molar-refractivity contribution is 0.0969. The molecule has 1 saturated heterocycles. The summed E-state index contributed by atoms with van der Waals surface area (Å²) in [4.78, 5) is 57.9. The van der Waals surface area contributed by atoms with Gasteiger partial charge in [-0.1, -0.05) is 23.8 Å². The van der Waals surface area contributed by atoms with E-state index in [-0.39, 0.29) is 22.8 Å². The summed E-state index contributed by atoms with van der Waals surface area (Å²) in [5.41, 5.74) is 12.2. The zero-order valence-corrected chi connectivity index (χ0v) is 21.2. The van der Waals surface area contributed by atoms with Crippen molar-refractivity contribution in [3.63, 3.8) is 0 Å². The van der Waals surface area contributed by atoms with Crippen molar-refractivity contribution in [3.8, 4) is 0 Å². The second kappa shape index (κ2) is 10.4. The number of imidazole rings is 1. The molecule has 0 aliphatic carbocycles. The van der Waals surface area contributed by atoms with Gasteiger partial charge >= 0.3 is 11.7 Å². The monoisotopic (exact) mass is 508 g/mol. The second-order valence-corrected chi connectivity index (χ2v) is 9.55. The number of piperidine rings is 1. The van der Waals surface area contributed by atoms with Gasteiger partial charge in [-0.25, -0.2) is 9.59 Å². The molecule has 0 saturated carbocycles. The topological polar surface area (TPSA) is 163 Å². The number of hydrogen-bond donors (Lipinski definition) is 3. The minimum absolute atomic E-state index is 0.0108. The molecule has 1 atom stereocenters. The molecule has 12 heteroatoms. The van der Waals surface area contributed by atoms with Crippen LogP contribution in [0.4, 0.5) is 16.4 Å². The first kappa shape index (κ1) is 25.9. The summed E-state index contributed by atoms with van der Waals surface area (Å²) in [6.45, 7) is 5.16. The summed E-state index contributed by atoms with van der Waals surface area (Å²) in [5.74, 6) is 0.105. The number of carbonyl (C=O) groups excluding carboxylic acids is 2. The largest absolute Gasteiger partial charge is 0.351 e. The Morgan fingerprint density at radius 3 is 2.65 bits per heavy atom. The lowest BCUT2D eigenvalue weighted by Gasteiger charge is -2.31. The Kier molecular flexibility index (Phi) is 7.30. The fraction of sp³-hybridized carbons (Fsp3) is 0.400. The number of nitrogens with one attached hydrogen (secondary N) is 1. The van der Waals surface area contributed by atoms with E-state index in [1.54, 1.807) is 22.8 Å². The molecular formula is C25H32N8O4. The van der Waals surface area contributed by atoms with Gasteiger partial charge in [-0.2, -0.15) is 4.98 Å². The lowest BCUT2D eigenvalue weighted by Crippen LogP contribution is -2.44. The number of benzene rings is 1. The first-order valence-corrected chi connectivity index (χ1v) is 12.1. The van der Waals surface area contributed by atoms with Gasteiger partial charge in [0.05, 0.1) is 6.54 Å². The number of aryl methyl sites for hydroxylation is 1. The van der Waals surface area contributed by atoms with E-state index in [4.69, 9.17) is 16.5 Å². The number of primary amides is 1. The molecule has 0 bridgehead atoms. The highest BCUT2D eigenvalue weighted by molar-refractivity contribution is 5.98. The maximum atomic E-state index is 13.7. The maximum absolute atomic E-state index is 13.7. The molecule has 2 amide bonds. The van der Waals surface area contributed by atoms with E-state index in [2.05, 4.69) is 5.32 Å². The number of allylic oxidation sites excluding steroid dienone is 2. The molecule has 3 heterocycles. The molecular weight excluding hydrogens is 476 g/mol. The number of nitrogens with zero attached hydrogens (tertiary/aromatic N) is 5. The molecule has 1 aliphatic heterocycles. The van der Waals surface area contributed by atoms with Crippen LogP contribution in [-0.4, -0.2) is 49.6 Å². The predicted molar refractivity (Wildman–Crippen MR) is 142 cm³/mol. The highest BCUT2D eigenvalue weighted by atomic mass is 16.2. The minimum atomic E-state index is -0.768. The average molecular weight is 509 g/mol. The Morgan fingerprint density at radius 1 is 1.22 bits per heavy atom.